The number of nitrogens with zero attached hydrogens (tertiary/aromatic N) is 1. The van der Waals surface area contributed by atoms with Crippen LogP contribution in [0, 0.1) is 6.92 Å². The Morgan fingerprint density at radius 3 is 2.75 bits per heavy atom. The third-order valence-electron chi connectivity index (χ3n) is 2.07. The molecule has 0 spiro atoms. The van der Waals surface area contributed by atoms with Crippen molar-refractivity contribution in [3.63, 3.8) is 0 Å². The summed E-state index contributed by atoms with van der Waals surface area (Å²) in [5, 5.41) is 10.5. The fraction of sp³-hybridized carbons (Fsp3) is 0.500. The summed E-state index contributed by atoms with van der Waals surface area (Å²) in [6.45, 7) is 0.726. The second-order valence-corrected chi connectivity index (χ2v) is 4.21. The highest BCUT2D eigenvalue weighted by Gasteiger charge is 2.21. The molecule has 0 radical (unpaired) electrons. The van der Waals surface area contributed by atoms with Gasteiger partial charge in [-0.25, -0.2) is 8.78 Å². The topological polar surface area (TPSA) is 40.5 Å². The van der Waals surface area contributed by atoms with Crippen LogP contribution >= 0.6 is 11.3 Å². The summed E-state index contributed by atoms with van der Waals surface area (Å²) in [6, 6.07) is 1.76. The summed E-state index contributed by atoms with van der Waals surface area (Å²) in [4.78, 5) is 13.3. The van der Waals surface area contributed by atoms with Crippen LogP contribution in [0.3, 0.4) is 0 Å². The first-order valence-corrected chi connectivity index (χ1v) is 5.66. The number of halogens is 2. The zero-order chi connectivity index (χ0) is 12.1. The molecular formula is C10H13F2NO2S. The van der Waals surface area contributed by atoms with Gasteiger partial charge in [-0.05, 0) is 23.9 Å². The number of aliphatic hydroxyl groups is 1. The van der Waals surface area contributed by atoms with E-state index in [1.807, 2.05) is 0 Å². The molecule has 6 heteroatoms. The van der Waals surface area contributed by atoms with Crippen LogP contribution in [0.4, 0.5) is 8.78 Å². The Kier molecular flexibility index (Phi) is 4.82. The molecular weight excluding hydrogens is 236 g/mol. The molecule has 0 unspecified atom stereocenters. The number of rotatable bonds is 5. The van der Waals surface area contributed by atoms with Gasteiger partial charge in [0, 0.05) is 6.54 Å². The minimum absolute atomic E-state index is 0.0689. The third kappa shape index (κ3) is 3.24. The maximum atomic E-state index is 12.2. The van der Waals surface area contributed by atoms with E-state index in [1.54, 1.807) is 18.4 Å². The number of carbonyl (C=O) groups excluding carboxylic acids is 1. The van der Waals surface area contributed by atoms with E-state index in [4.69, 9.17) is 5.11 Å². The number of aliphatic hydroxyl groups excluding tert-OH is 1. The van der Waals surface area contributed by atoms with Crippen LogP contribution in [0.5, 0.6) is 0 Å². The quantitative estimate of drug-likeness (QED) is 0.863. The predicted molar refractivity (Wildman–Crippen MR) is 58.0 cm³/mol. The van der Waals surface area contributed by atoms with Crippen LogP contribution in [0.2, 0.25) is 0 Å². The van der Waals surface area contributed by atoms with Gasteiger partial charge in [-0.2, -0.15) is 0 Å². The van der Waals surface area contributed by atoms with Crippen molar-refractivity contribution < 1.29 is 18.7 Å². The summed E-state index contributed by atoms with van der Waals surface area (Å²) in [7, 11) is 0. The van der Waals surface area contributed by atoms with Gasteiger partial charge < -0.3 is 10.0 Å². The number of hydrogen-bond donors (Lipinski definition) is 1. The van der Waals surface area contributed by atoms with Crippen molar-refractivity contribution >= 4 is 17.2 Å². The zero-order valence-corrected chi connectivity index (χ0v) is 9.64. The molecule has 0 fully saturated rings. The van der Waals surface area contributed by atoms with E-state index in [2.05, 4.69) is 0 Å². The predicted octanol–water partition coefficient (Wildman–Crippen LogP) is 1.76. The molecule has 0 atom stereocenters. The van der Waals surface area contributed by atoms with E-state index in [0.717, 1.165) is 10.5 Å². The smallest absolute Gasteiger partial charge is 0.264 e. The van der Waals surface area contributed by atoms with Gasteiger partial charge in [-0.15, -0.1) is 11.3 Å². The van der Waals surface area contributed by atoms with E-state index in [9.17, 15) is 13.6 Å². The molecule has 16 heavy (non-hydrogen) atoms. The minimum Gasteiger partial charge on any atom is -0.395 e. The highest BCUT2D eigenvalue weighted by atomic mass is 32.1. The monoisotopic (exact) mass is 249 g/mol. The molecule has 1 heterocycles. The second kappa shape index (κ2) is 5.91. The van der Waals surface area contributed by atoms with Crippen molar-refractivity contribution in [1.29, 1.82) is 0 Å². The molecule has 0 aliphatic carbocycles. The molecule has 0 aliphatic rings. The van der Waals surface area contributed by atoms with E-state index in [1.165, 1.54) is 11.3 Å². The maximum absolute atomic E-state index is 12.2. The third-order valence-corrected chi connectivity index (χ3v) is 3.08. The van der Waals surface area contributed by atoms with Gasteiger partial charge in [0.1, 0.15) is 0 Å². The zero-order valence-electron chi connectivity index (χ0n) is 8.82. The molecule has 1 amide bonds. The van der Waals surface area contributed by atoms with Crippen LogP contribution < -0.4 is 0 Å². The molecule has 0 bridgehead atoms. The minimum atomic E-state index is -2.59. The first-order chi connectivity index (χ1) is 7.56. The molecule has 0 saturated heterocycles. The first kappa shape index (κ1) is 13.1. The fourth-order valence-corrected chi connectivity index (χ4v) is 2.19. The molecule has 3 nitrogen and oxygen atoms in total. The number of carbonyl (C=O) groups is 1. The van der Waals surface area contributed by atoms with E-state index < -0.39 is 18.9 Å². The van der Waals surface area contributed by atoms with Crippen molar-refractivity contribution in [2.45, 2.75) is 13.3 Å². The van der Waals surface area contributed by atoms with Crippen LogP contribution in [0.1, 0.15) is 15.2 Å². The molecule has 1 aromatic rings. The van der Waals surface area contributed by atoms with Gasteiger partial charge >= 0.3 is 0 Å². The van der Waals surface area contributed by atoms with Crippen LogP contribution in [0.15, 0.2) is 11.4 Å². The van der Waals surface area contributed by atoms with Gasteiger partial charge in [0.25, 0.3) is 12.3 Å². The van der Waals surface area contributed by atoms with Crippen LogP contribution in [0.25, 0.3) is 0 Å². The molecule has 90 valence electrons. The SMILES string of the molecule is Cc1ccsc1C(=O)N(CCO)CC(F)F. The van der Waals surface area contributed by atoms with Gasteiger partial charge in [-0.1, -0.05) is 0 Å². The number of hydrogen-bond acceptors (Lipinski definition) is 3. The highest BCUT2D eigenvalue weighted by Crippen LogP contribution is 2.18. The summed E-state index contributed by atoms with van der Waals surface area (Å²) in [5.74, 6) is -0.443. The van der Waals surface area contributed by atoms with Gasteiger partial charge in [0.2, 0.25) is 0 Å². The van der Waals surface area contributed by atoms with Crippen molar-refractivity contribution in [2.75, 3.05) is 19.7 Å². The molecule has 1 N–H and O–H groups in total. The molecule has 0 aliphatic heterocycles. The maximum Gasteiger partial charge on any atom is 0.264 e. The lowest BCUT2D eigenvalue weighted by atomic mass is 10.2. The van der Waals surface area contributed by atoms with E-state index in [-0.39, 0.29) is 13.2 Å². The van der Waals surface area contributed by atoms with Crippen molar-refractivity contribution in [2.24, 2.45) is 0 Å². The summed E-state index contributed by atoms with van der Waals surface area (Å²) in [5.41, 5.74) is 0.771. The molecule has 0 aromatic carbocycles. The Balaban J connectivity index is 2.78. The Hall–Kier alpha value is -1.01. The average Bonchev–Trinajstić information content (AvgIpc) is 2.62. The standard InChI is InChI=1S/C10H13F2NO2S/c1-7-2-5-16-9(7)10(15)13(3-4-14)6-8(11)12/h2,5,8,14H,3-4,6H2,1H3. The Morgan fingerprint density at radius 2 is 2.31 bits per heavy atom. The van der Waals surface area contributed by atoms with Crippen LogP contribution in [-0.4, -0.2) is 42.0 Å². The van der Waals surface area contributed by atoms with E-state index in [0.29, 0.717) is 4.88 Å². The highest BCUT2D eigenvalue weighted by molar-refractivity contribution is 7.12. The lowest BCUT2D eigenvalue weighted by Crippen LogP contribution is -2.37. The van der Waals surface area contributed by atoms with Crippen LogP contribution in [-0.2, 0) is 0 Å². The summed E-state index contributed by atoms with van der Waals surface area (Å²) >= 11 is 1.22. The van der Waals surface area contributed by atoms with Gasteiger partial charge in [0.05, 0.1) is 18.0 Å². The average molecular weight is 249 g/mol. The lowest BCUT2D eigenvalue weighted by molar-refractivity contribution is 0.0512. The number of aryl methyl sites for hydroxylation is 1. The normalized spacial score (nSPS) is 10.8. The molecule has 1 aromatic heterocycles. The summed E-state index contributed by atoms with van der Waals surface area (Å²) in [6.07, 6.45) is -2.59. The molecule has 0 saturated carbocycles. The van der Waals surface area contributed by atoms with Crippen molar-refractivity contribution in [1.82, 2.24) is 4.90 Å². The van der Waals surface area contributed by atoms with Crippen molar-refractivity contribution in [3.05, 3.63) is 21.9 Å². The molecule has 1 rings (SSSR count). The Morgan fingerprint density at radius 1 is 1.62 bits per heavy atom. The lowest BCUT2D eigenvalue weighted by Gasteiger charge is -2.20. The number of amides is 1. The van der Waals surface area contributed by atoms with Gasteiger partial charge in [0.15, 0.2) is 0 Å². The number of thiophene rings is 1. The largest absolute Gasteiger partial charge is 0.395 e. The van der Waals surface area contributed by atoms with Crippen molar-refractivity contribution in [3.8, 4) is 0 Å². The van der Waals surface area contributed by atoms with Gasteiger partial charge in [-0.3, -0.25) is 4.79 Å². The van der Waals surface area contributed by atoms with E-state index >= 15 is 0 Å². The first-order valence-electron chi connectivity index (χ1n) is 4.78. The Labute approximate surface area is 96.3 Å². The second-order valence-electron chi connectivity index (χ2n) is 3.30. The number of alkyl halides is 2. The Bertz CT molecular complexity index is 354. The fourth-order valence-electron chi connectivity index (χ4n) is 1.30. The summed E-state index contributed by atoms with van der Waals surface area (Å²) < 4.78 is 24.5.